The van der Waals surface area contributed by atoms with Crippen LogP contribution in [0.2, 0.25) is 0 Å². The molecule has 1 heteroatoms. The zero-order chi connectivity index (χ0) is 12.1. The first-order chi connectivity index (χ1) is 8.33. The van der Waals surface area contributed by atoms with E-state index in [-0.39, 0.29) is 0 Å². The minimum absolute atomic E-state index is 0.914. The van der Waals surface area contributed by atoms with Crippen molar-refractivity contribution in [1.29, 1.82) is 0 Å². The summed E-state index contributed by atoms with van der Waals surface area (Å²) < 4.78 is 5.16. The fourth-order valence-electron chi connectivity index (χ4n) is 2.04. The van der Waals surface area contributed by atoms with E-state index in [0.717, 1.165) is 18.6 Å². The summed E-state index contributed by atoms with van der Waals surface area (Å²) in [5.74, 6) is 0.914. The Morgan fingerprint density at radius 2 is 1.53 bits per heavy atom. The molecule has 2 aromatic rings. The number of methoxy groups -OCH3 is 1. The first-order valence-electron chi connectivity index (χ1n) is 6.03. The highest BCUT2D eigenvalue weighted by atomic mass is 16.5. The van der Waals surface area contributed by atoms with Gasteiger partial charge in [-0.25, -0.2) is 0 Å². The molecular weight excluding hydrogens is 208 g/mol. The number of hydrogen-bond donors (Lipinski definition) is 0. The molecule has 0 radical (unpaired) electrons. The highest BCUT2D eigenvalue weighted by Gasteiger charge is 2.01. The number of benzene rings is 2. The van der Waals surface area contributed by atoms with Crippen LogP contribution in [0.3, 0.4) is 0 Å². The maximum absolute atomic E-state index is 5.16. The lowest BCUT2D eigenvalue weighted by atomic mass is 9.98. The van der Waals surface area contributed by atoms with Gasteiger partial charge in [-0.05, 0) is 41.7 Å². The van der Waals surface area contributed by atoms with E-state index >= 15 is 0 Å². The van der Waals surface area contributed by atoms with E-state index in [0.29, 0.717) is 0 Å². The molecule has 0 unspecified atom stereocenters. The first kappa shape index (κ1) is 11.7. The van der Waals surface area contributed by atoms with Gasteiger partial charge < -0.3 is 4.74 Å². The second-order valence-electron chi connectivity index (χ2n) is 4.15. The summed E-state index contributed by atoms with van der Waals surface area (Å²) in [6.45, 7) is 2.20. The highest BCUT2D eigenvalue weighted by molar-refractivity contribution is 5.35. The molecule has 0 atom stereocenters. The maximum Gasteiger partial charge on any atom is 0.118 e. The Labute approximate surface area is 103 Å². The summed E-state index contributed by atoms with van der Waals surface area (Å²) in [7, 11) is 1.70. The standard InChI is InChI=1S/C16H18O/c1-3-14-6-4-5-7-15(14)12-13-8-10-16(17-2)11-9-13/h4-11H,3,12H2,1-2H3. The highest BCUT2D eigenvalue weighted by Crippen LogP contribution is 2.17. The van der Waals surface area contributed by atoms with Gasteiger partial charge in [-0.1, -0.05) is 43.3 Å². The van der Waals surface area contributed by atoms with Crippen molar-refractivity contribution in [3.05, 3.63) is 65.2 Å². The average molecular weight is 226 g/mol. The van der Waals surface area contributed by atoms with Crippen molar-refractivity contribution >= 4 is 0 Å². The van der Waals surface area contributed by atoms with Crippen LogP contribution in [-0.2, 0) is 12.8 Å². The molecule has 0 aromatic heterocycles. The normalized spacial score (nSPS) is 10.2. The van der Waals surface area contributed by atoms with Gasteiger partial charge in [-0.2, -0.15) is 0 Å². The third kappa shape index (κ3) is 2.88. The lowest BCUT2D eigenvalue weighted by Crippen LogP contribution is -1.94. The smallest absolute Gasteiger partial charge is 0.118 e. The van der Waals surface area contributed by atoms with Gasteiger partial charge in [-0.15, -0.1) is 0 Å². The summed E-state index contributed by atoms with van der Waals surface area (Å²) in [6, 6.07) is 16.9. The topological polar surface area (TPSA) is 9.23 Å². The number of aryl methyl sites for hydroxylation is 1. The predicted octanol–water partition coefficient (Wildman–Crippen LogP) is 3.85. The zero-order valence-corrected chi connectivity index (χ0v) is 10.4. The quantitative estimate of drug-likeness (QED) is 0.769. The lowest BCUT2D eigenvalue weighted by Gasteiger charge is -2.08. The Kier molecular flexibility index (Phi) is 3.81. The second kappa shape index (κ2) is 5.53. The van der Waals surface area contributed by atoms with Gasteiger partial charge in [0.05, 0.1) is 7.11 Å². The second-order valence-corrected chi connectivity index (χ2v) is 4.15. The molecular formula is C16H18O. The minimum atomic E-state index is 0.914. The van der Waals surface area contributed by atoms with Crippen LogP contribution in [0.5, 0.6) is 5.75 Å². The van der Waals surface area contributed by atoms with E-state index in [9.17, 15) is 0 Å². The summed E-state index contributed by atoms with van der Waals surface area (Å²) >= 11 is 0. The van der Waals surface area contributed by atoms with Crippen LogP contribution in [-0.4, -0.2) is 7.11 Å². The Balaban J connectivity index is 2.19. The van der Waals surface area contributed by atoms with E-state index in [1.54, 1.807) is 7.11 Å². The predicted molar refractivity (Wildman–Crippen MR) is 71.6 cm³/mol. The Hall–Kier alpha value is -1.76. The molecule has 0 aliphatic heterocycles. The largest absolute Gasteiger partial charge is 0.497 e. The van der Waals surface area contributed by atoms with Crippen molar-refractivity contribution in [3.8, 4) is 5.75 Å². The van der Waals surface area contributed by atoms with Gasteiger partial charge in [-0.3, -0.25) is 0 Å². The average Bonchev–Trinajstić information content (AvgIpc) is 2.40. The Morgan fingerprint density at radius 1 is 0.882 bits per heavy atom. The molecule has 0 saturated carbocycles. The summed E-state index contributed by atoms with van der Waals surface area (Å²) in [5, 5.41) is 0. The Morgan fingerprint density at radius 3 is 2.12 bits per heavy atom. The van der Waals surface area contributed by atoms with Crippen LogP contribution < -0.4 is 4.74 Å². The van der Waals surface area contributed by atoms with Crippen LogP contribution in [0.25, 0.3) is 0 Å². The van der Waals surface area contributed by atoms with Crippen molar-refractivity contribution in [3.63, 3.8) is 0 Å². The third-order valence-corrected chi connectivity index (χ3v) is 3.05. The van der Waals surface area contributed by atoms with E-state index < -0.39 is 0 Å². The van der Waals surface area contributed by atoms with Crippen LogP contribution >= 0.6 is 0 Å². The molecule has 88 valence electrons. The monoisotopic (exact) mass is 226 g/mol. The van der Waals surface area contributed by atoms with E-state index in [1.807, 2.05) is 12.1 Å². The molecule has 0 amide bonds. The SMILES string of the molecule is CCc1ccccc1Cc1ccc(OC)cc1. The molecule has 2 aromatic carbocycles. The van der Waals surface area contributed by atoms with Crippen molar-refractivity contribution in [2.45, 2.75) is 19.8 Å². The first-order valence-corrected chi connectivity index (χ1v) is 6.03. The van der Waals surface area contributed by atoms with Crippen molar-refractivity contribution in [2.75, 3.05) is 7.11 Å². The van der Waals surface area contributed by atoms with Crippen LogP contribution in [0.1, 0.15) is 23.6 Å². The van der Waals surface area contributed by atoms with Gasteiger partial charge in [0.25, 0.3) is 0 Å². The van der Waals surface area contributed by atoms with Gasteiger partial charge in [0.1, 0.15) is 5.75 Å². The number of rotatable bonds is 4. The molecule has 17 heavy (non-hydrogen) atoms. The van der Waals surface area contributed by atoms with Gasteiger partial charge >= 0.3 is 0 Å². The summed E-state index contributed by atoms with van der Waals surface area (Å²) in [6.07, 6.45) is 2.08. The van der Waals surface area contributed by atoms with Crippen LogP contribution in [0.4, 0.5) is 0 Å². The number of ether oxygens (including phenoxy) is 1. The zero-order valence-electron chi connectivity index (χ0n) is 10.4. The van der Waals surface area contributed by atoms with Gasteiger partial charge in [0.15, 0.2) is 0 Å². The minimum Gasteiger partial charge on any atom is -0.497 e. The van der Waals surface area contributed by atoms with E-state index in [1.165, 1.54) is 16.7 Å². The van der Waals surface area contributed by atoms with E-state index in [2.05, 4.69) is 43.3 Å². The van der Waals surface area contributed by atoms with Gasteiger partial charge in [0.2, 0.25) is 0 Å². The fourth-order valence-corrected chi connectivity index (χ4v) is 2.04. The molecule has 0 saturated heterocycles. The van der Waals surface area contributed by atoms with E-state index in [4.69, 9.17) is 4.74 Å². The van der Waals surface area contributed by atoms with Gasteiger partial charge in [0, 0.05) is 0 Å². The molecule has 0 N–H and O–H groups in total. The van der Waals surface area contributed by atoms with Crippen molar-refractivity contribution in [2.24, 2.45) is 0 Å². The molecule has 0 heterocycles. The summed E-state index contributed by atoms with van der Waals surface area (Å²) in [4.78, 5) is 0. The van der Waals surface area contributed by atoms with Crippen molar-refractivity contribution in [1.82, 2.24) is 0 Å². The molecule has 0 aliphatic carbocycles. The molecule has 1 nitrogen and oxygen atoms in total. The molecule has 2 rings (SSSR count). The molecule has 0 aliphatic rings. The van der Waals surface area contributed by atoms with Crippen molar-refractivity contribution < 1.29 is 4.74 Å². The van der Waals surface area contributed by atoms with Crippen LogP contribution in [0.15, 0.2) is 48.5 Å². The third-order valence-electron chi connectivity index (χ3n) is 3.05. The summed E-state index contributed by atoms with van der Waals surface area (Å²) in [5.41, 5.74) is 4.18. The Bertz CT molecular complexity index is 471. The molecule has 0 bridgehead atoms. The maximum atomic E-state index is 5.16. The fraction of sp³-hybridized carbons (Fsp3) is 0.250. The lowest BCUT2D eigenvalue weighted by molar-refractivity contribution is 0.414. The molecule has 0 fully saturated rings. The molecule has 0 spiro atoms. The van der Waals surface area contributed by atoms with Crippen LogP contribution in [0, 0.1) is 0 Å². The number of hydrogen-bond acceptors (Lipinski definition) is 1.